The number of benzene rings is 2. The third-order valence-corrected chi connectivity index (χ3v) is 5.15. The third kappa shape index (κ3) is 2.96. The van der Waals surface area contributed by atoms with Crippen molar-refractivity contribution in [2.24, 2.45) is 0 Å². The van der Waals surface area contributed by atoms with Crippen LogP contribution in [-0.2, 0) is 0 Å². The first-order chi connectivity index (χ1) is 8.42. The lowest BCUT2D eigenvalue weighted by atomic mass is 10.4. The van der Waals surface area contributed by atoms with Crippen LogP contribution in [0.4, 0.5) is 0 Å². The molecular formula is C16H14Si. The summed E-state index contributed by atoms with van der Waals surface area (Å²) in [6.07, 6.45) is 1.67. The summed E-state index contributed by atoms with van der Waals surface area (Å²) in [4.78, 5) is 0. The van der Waals surface area contributed by atoms with Crippen molar-refractivity contribution >= 4 is 19.2 Å². The van der Waals surface area contributed by atoms with Crippen molar-refractivity contribution in [1.29, 1.82) is 0 Å². The summed E-state index contributed by atoms with van der Waals surface area (Å²) in [7, 11) is -1.40. The van der Waals surface area contributed by atoms with E-state index in [4.69, 9.17) is 0 Å². The Labute approximate surface area is 104 Å². The van der Waals surface area contributed by atoms with Crippen molar-refractivity contribution in [2.45, 2.75) is 0 Å². The van der Waals surface area contributed by atoms with Crippen LogP contribution < -0.4 is 10.4 Å². The lowest BCUT2D eigenvalue weighted by Gasteiger charge is -2.09. The summed E-state index contributed by atoms with van der Waals surface area (Å²) < 4.78 is 0. The average molecular weight is 234 g/mol. The zero-order valence-electron chi connectivity index (χ0n) is 9.64. The molecule has 0 saturated heterocycles. The van der Waals surface area contributed by atoms with Crippen LogP contribution in [0.5, 0.6) is 0 Å². The smallest absolute Gasteiger partial charge is 0.119 e. The van der Waals surface area contributed by atoms with Gasteiger partial charge < -0.3 is 0 Å². The summed E-state index contributed by atoms with van der Waals surface area (Å²) in [6, 6.07) is 21.1. The largest absolute Gasteiger partial charge is 0.184 e. The minimum atomic E-state index is -1.40. The molecular weight excluding hydrogens is 220 g/mol. The maximum Gasteiger partial charge on any atom is 0.184 e. The lowest BCUT2D eigenvalue weighted by Crippen LogP contribution is -2.41. The number of allylic oxidation sites excluding steroid dienone is 1. The van der Waals surface area contributed by atoms with E-state index in [1.54, 1.807) is 6.08 Å². The highest BCUT2D eigenvalue weighted by atomic mass is 28.3. The van der Waals surface area contributed by atoms with Crippen LogP contribution in [0.3, 0.4) is 0 Å². The van der Waals surface area contributed by atoms with Crippen molar-refractivity contribution < 1.29 is 0 Å². The van der Waals surface area contributed by atoms with Gasteiger partial charge in [0.15, 0.2) is 8.80 Å². The van der Waals surface area contributed by atoms with E-state index in [2.05, 4.69) is 66.6 Å². The van der Waals surface area contributed by atoms with Gasteiger partial charge in [0.2, 0.25) is 0 Å². The van der Waals surface area contributed by atoms with Crippen molar-refractivity contribution in [3.63, 3.8) is 0 Å². The van der Waals surface area contributed by atoms with Crippen molar-refractivity contribution in [1.82, 2.24) is 0 Å². The monoisotopic (exact) mass is 234 g/mol. The number of hydrogen-bond donors (Lipinski definition) is 0. The van der Waals surface area contributed by atoms with Crippen LogP contribution in [-0.4, -0.2) is 8.80 Å². The van der Waals surface area contributed by atoms with E-state index in [0.29, 0.717) is 0 Å². The molecule has 0 fully saturated rings. The van der Waals surface area contributed by atoms with Gasteiger partial charge >= 0.3 is 0 Å². The molecule has 2 rings (SSSR count). The second kappa shape index (κ2) is 5.88. The van der Waals surface area contributed by atoms with Crippen LogP contribution in [0.1, 0.15) is 0 Å². The van der Waals surface area contributed by atoms with Crippen molar-refractivity contribution in [3.8, 4) is 11.5 Å². The van der Waals surface area contributed by atoms with E-state index >= 15 is 0 Å². The van der Waals surface area contributed by atoms with E-state index in [0.717, 1.165) is 0 Å². The summed E-state index contributed by atoms with van der Waals surface area (Å²) in [5.41, 5.74) is 3.37. The molecule has 0 radical (unpaired) electrons. The van der Waals surface area contributed by atoms with Gasteiger partial charge in [-0.15, -0.1) is 5.54 Å². The maximum absolute atomic E-state index is 3.67. The number of rotatable bonds is 2. The molecule has 0 N–H and O–H groups in total. The minimum absolute atomic E-state index is 1.35. The SMILES string of the molecule is C=CC#C[SiH](c1ccccc1)c1ccccc1. The van der Waals surface area contributed by atoms with Crippen LogP contribution in [0, 0.1) is 11.5 Å². The average Bonchev–Trinajstić information content (AvgIpc) is 2.42. The zero-order chi connectivity index (χ0) is 11.9. The van der Waals surface area contributed by atoms with Gasteiger partial charge in [-0.1, -0.05) is 73.2 Å². The molecule has 0 aliphatic heterocycles. The van der Waals surface area contributed by atoms with E-state index < -0.39 is 8.80 Å². The van der Waals surface area contributed by atoms with Crippen molar-refractivity contribution in [3.05, 3.63) is 73.3 Å². The molecule has 0 nitrogen and oxygen atoms in total. The molecule has 0 aromatic heterocycles. The fraction of sp³-hybridized carbons (Fsp3) is 0. The molecule has 0 unspecified atom stereocenters. The van der Waals surface area contributed by atoms with E-state index in [9.17, 15) is 0 Å². The quantitative estimate of drug-likeness (QED) is 0.549. The fourth-order valence-corrected chi connectivity index (χ4v) is 4.01. The van der Waals surface area contributed by atoms with E-state index in [1.807, 2.05) is 12.1 Å². The zero-order valence-corrected chi connectivity index (χ0v) is 10.8. The van der Waals surface area contributed by atoms with Crippen LogP contribution >= 0.6 is 0 Å². The molecule has 2 aromatic rings. The second-order valence-electron chi connectivity index (χ2n) is 3.75. The summed E-state index contributed by atoms with van der Waals surface area (Å²) in [5.74, 6) is 3.02. The normalized spacial score (nSPS) is 9.47. The molecule has 0 atom stereocenters. The molecule has 0 saturated carbocycles. The van der Waals surface area contributed by atoms with E-state index in [1.165, 1.54) is 10.4 Å². The van der Waals surface area contributed by atoms with Gasteiger partial charge in [-0.05, 0) is 16.4 Å². The van der Waals surface area contributed by atoms with Gasteiger partial charge in [-0.3, -0.25) is 0 Å². The molecule has 0 aliphatic rings. The topological polar surface area (TPSA) is 0 Å². The Morgan fingerprint density at radius 3 is 1.71 bits per heavy atom. The molecule has 0 bridgehead atoms. The first-order valence-corrected chi connectivity index (χ1v) is 7.37. The lowest BCUT2D eigenvalue weighted by molar-refractivity contribution is 1.74. The molecule has 0 heterocycles. The summed E-state index contributed by atoms with van der Waals surface area (Å²) in [5, 5.41) is 2.71. The molecule has 0 spiro atoms. The van der Waals surface area contributed by atoms with Gasteiger partial charge in [0.05, 0.1) is 0 Å². The number of hydrogen-bond acceptors (Lipinski definition) is 0. The Balaban J connectivity index is 2.43. The summed E-state index contributed by atoms with van der Waals surface area (Å²) >= 11 is 0. The highest BCUT2D eigenvalue weighted by Crippen LogP contribution is 1.92. The molecule has 0 aliphatic carbocycles. The summed E-state index contributed by atoms with van der Waals surface area (Å²) in [6.45, 7) is 3.67. The van der Waals surface area contributed by atoms with Gasteiger partial charge in [0.1, 0.15) is 0 Å². The van der Waals surface area contributed by atoms with Crippen molar-refractivity contribution in [2.75, 3.05) is 0 Å². The molecule has 0 amide bonds. The Kier molecular flexibility index (Phi) is 3.96. The molecule has 2 aromatic carbocycles. The Morgan fingerprint density at radius 1 is 0.824 bits per heavy atom. The first-order valence-electron chi connectivity index (χ1n) is 5.63. The molecule has 17 heavy (non-hydrogen) atoms. The van der Waals surface area contributed by atoms with Crippen LogP contribution in [0.15, 0.2) is 73.3 Å². The second-order valence-corrected chi connectivity index (χ2v) is 6.24. The van der Waals surface area contributed by atoms with Crippen LogP contribution in [0.25, 0.3) is 0 Å². The highest BCUT2D eigenvalue weighted by Gasteiger charge is 2.12. The molecule has 1 heteroatoms. The van der Waals surface area contributed by atoms with Gasteiger partial charge in [0.25, 0.3) is 0 Å². The van der Waals surface area contributed by atoms with Crippen LogP contribution in [0.2, 0.25) is 0 Å². The molecule has 82 valence electrons. The predicted molar refractivity (Wildman–Crippen MR) is 77.3 cm³/mol. The van der Waals surface area contributed by atoms with Gasteiger partial charge in [0, 0.05) is 0 Å². The predicted octanol–water partition coefficient (Wildman–Crippen LogP) is 1.76. The Bertz CT molecular complexity index is 492. The fourth-order valence-electron chi connectivity index (χ4n) is 1.79. The standard InChI is InChI=1S/C16H14Si/c1-2-3-14-17(15-10-6-4-7-11-15)16-12-8-5-9-13-16/h2,4-13,17H,1H2. The minimum Gasteiger partial charge on any atom is -0.119 e. The van der Waals surface area contributed by atoms with E-state index in [-0.39, 0.29) is 0 Å². The third-order valence-electron chi connectivity index (χ3n) is 2.60. The Morgan fingerprint density at radius 2 is 1.29 bits per heavy atom. The Hall–Kier alpha value is -2.04. The highest BCUT2D eigenvalue weighted by molar-refractivity contribution is 6.91. The maximum atomic E-state index is 3.67. The first kappa shape index (κ1) is 11.4. The van der Waals surface area contributed by atoms with Gasteiger partial charge in [-0.2, -0.15) is 0 Å². The van der Waals surface area contributed by atoms with Gasteiger partial charge in [-0.25, -0.2) is 0 Å².